The van der Waals surface area contributed by atoms with Crippen molar-refractivity contribution in [2.75, 3.05) is 0 Å². The lowest BCUT2D eigenvalue weighted by Crippen LogP contribution is -2.29. The third-order valence-corrected chi connectivity index (χ3v) is 6.91. The monoisotopic (exact) mass is 384 g/mol. The van der Waals surface area contributed by atoms with Gasteiger partial charge in [0, 0.05) is 0 Å². The second kappa shape index (κ2) is 7.77. The second-order valence-electron chi connectivity index (χ2n) is 8.54. The highest BCUT2D eigenvalue weighted by Crippen LogP contribution is 2.47. The Morgan fingerprint density at radius 1 is 0.750 bits per heavy atom. The summed E-state index contributed by atoms with van der Waals surface area (Å²) in [5.74, 6) is 3.02. The van der Waals surface area contributed by atoms with Crippen molar-refractivity contribution < 1.29 is 13.2 Å². The first-order valence-corrected chi connectivity index (χ1v) is 10.3. The first kappa shape index (κ1) is 19.3. The number of halogens is 3. The van der Waals surface area contributed by atoms with E-state index in [1.807, 2.05) is 0 Å². The van der Waals surface area contributed by atoms with Gasteiger partial charge in [-0.3, -0.25) is 0 Å². The lowest BCUT2D eigenvalue weighted by Gasteiger charge is -2.41. The van der Waals surface area contributed by atoms with E-state index in [2.05, 4.69) is 36.9 Å². The number of rotatable bonds is 3. The molecule has 4 rings (SSSR count). The molecule has 2 aliphatic rings. The molecule has 0 aliphatic heterocycles. The third-order valence-electron chi connectivity index (χ3n) is 6.91. The first-order chi connectivity index (χ1) is 13.4. The van der Waals surface area contributed by atoms with E-state index in [1.54, 1.807) is 12.1 Å². The van der Waals surface area contributed by atoms with E-state index in [0.29, 0.717) is 11.8 Å². The molecule has 2 aliphatic carbocycles. The molecule has 0 N–H and O–H groups in total. The van der Waals surface area contributed by atoms with E-state index in [1.165, 1.54) is 44.1 Å². The van der Waals surface area contributed by atoms with Crippen molar-refractivity contribution in [1.29, 1.82) is 0 Å². The molecule has 4 unspecified atom stereocenters. The highest BCUT2D eigenvalue weighted by Gasteiger charge is 2.35. The predicted octanol–water partition coefficient (Wildman–Crippen LogP) is 7.86. The lowest BCUT2D eigenvalue weighted by molar-refractivity contribution is -0.137. The van der Waals surface area contributed by atoms with Crippen molar-refractivity contribution in [3.63, 3.8) is 0 Å². The van der Waals surface area contributed by atoms with Crippen molar-refractivity contribution in [3.05, 3.63) is 72.3 Å². The van der Waals surface area contributed by atoms with Crippen LogP contribution in [-0.4, -0.2) is 0 Å². The van der Waals surface area contributed by atoms with Crippen LogP contribution in [0.15, 0.2) is 61.2 Å². The summed E-state index contributed by atoms with van der Waals surface area (Å²) in [6.45, 7) is 3.98. The molecule has 0 heterocycles. The van der Waals surface area contributed by atoms with Gasteiger partial charge in [-0.05, 0) is 91.0 Å². The quantitative estimate of drug-likeness (QED) is 0.473. The maximum atomic E-state index is 12.7. The van der Waals surface area contributed by atoms with Gasteiger partial charge in [-0.15, -0.1) is 6.58 Å². The SMILES string of the molecule is C=CC1CCC2CC(c3ccc(-c4ccc(C(F)(F)F)cc4)cc3)CCC2C1. The van der Waals surface area contributed by atoms with Crippen molar-refractivity contribution in [1.82, 2.24) is 0 Å². The third kappa shape index (κ3) is 4.04. The van der Waals surface area contributed by atoms with Crippen LogP contribution < -0.4 is 0 Å². The van der Waals surface area contributed by atoms with Crippen molar-refractivity contribution in [2.24, 2.45) is 17.8 Å². The Kier molecular flexibility index (Phi) is 5.35. The second-order valence-corrected chi connectivity index (χ2v) is 8.54. The normalized spacial score (nSPS) is 27.8. The van der Waals surface area contributed by atoms with Crippen LogP contribution in [0.2, 0.25) is 0 Å². The van der Waals surface area contributed by atoms with Crippen molar-refractivity contribution in [2.45, 2.75) is 50.6 Å². The van der Waals surface area contributed by atoms with E-state index in [4.69, 9.17) is 0 Å². The molecule has 4 atom stereocenters. The predicted molar refractivity (Wildman–Crippen MR) is 108 cm³/mol. The Morgan fingerprint density at radius 3 is 1.93 bits per heavy atom. The van der Waals surface area contributed by atoms with E-state index in [0.717, 1.165) is 35.1 Å². The molecular weight excluding hydrogens is 357 g/mol. The summed E-state index contributed by atoms with van der Waals surface area (Å²) in [4.78, 5) is 0. The van der Waals surface area contributed by atoms with Gasteiger partial charge in [0.2, 0.25) is 0 Å². The van der Waals surface area contributed by atoms with Crippen LogP contribution in [0.5, 0.6) is 0 Å². The Balaban J connectivity index is 1.43. The average molecular weight is 384 g/mol. The molecule has 2 aromatic carbocycles. The van der Waals surface area contributed by atoms with Crippen LogP contribution in [0.25, 0.3) is 11.1 Å². The molecule has 148 valence electrons. The molecule has 0 bridgehead atoms. The molecule has 0 aromatic heterocycles. The van der Waals surface area contributed by atoms with E-state index >= 15 is 0 Å². The zero-order chi connectivity index (χ0) is 19.7. The van der Waals surface area contributed by atoms with Gasteiger partial charge >= 0.3 is 6.18 Å². The molecule has 0 nitrogen and oxygen atoms in total. The molecule has 0 spiro atoms. The van der Waals surface area contributed by atoms with Gasteiger partial charge in [-0.25, -0.2) is 0 Å². The Labute approximate surface area is 165 Å². The van der Waals surface area contributed by atoms with E-state index in [-0.39, 0.29) is 0 Å². The van der Waals surface area contributed by atoms with Crippen molar-refractivity contribution in [3.8, 4) is 11.1 Å². The van der Waals surface area contributed by atoms with Gasteiger partial charge in [0.15, 0.2) is 0 Å². The molecule has 3 heteroatoms. The number of allylic oxidation sites excluding steroid dienone is 1. The Morgan fingerprint density at radius 2 is 1.32 bits per heavy atom. The van der Waals surface area contributed by atoms with Gasteiger partial charge < -0.3 is 0 Å². The van der Waals surface area contributed by atoms with Gasteiger partial charge in [0.1, 0.15) is 0 Å². The number of benzene rings is 2. The van der Waals surface area contributed by atoms with Gasteiger partial charge in [0.25, 0.3) is 0 Å². The highest BCUT2D eigenvalue weighted by atomic mass is 19.4. The van der Waals surface area contributed by atoms with Crippen molar-refractivity contribution >= 4 is 0 Å². The molecule has 2 saturated carbocycles. The molecule has 28 heavy (non-hydrogen) atoms. The minimum absolute atomic E-state index is 0.601. The zero-order valence-corrected chi connectivity index (χ0v) is 16.1. The lowest BCUT2D eigenvalue weighted by atomic mass is 9.64. The molecule has 2 aromatic rings. The Bertz CT molecular complexity index is 801. The molecular formula is C25H27F3. The van der Waals surface area contributed by atoms with Gasteiger partial charge in [-0.1, -0.05) is 42.5 Å². The van der Waals surface area contributed by atoms with Crippen LogP contribution in [0.3, 0.4) is 0 Å². The Hall–Kier alpha value is -2.03. The average Bonchev–Trinajstić information content (AvgIpc) is 2.72. The summed E-state index contributed by atoms with van der Waals surface area (Å²) >= 11 is 0. The van der Waals surface area contributed by atoms with Crippen LogP contribution >= 0.6 is 0 Å². The fourth-order valence-electron chi connectivity index (χ4n) is 5.24. The maximum absolute atomic E-state index is 12.7. The number of fused-ring (bicyclic) bond motifs is 1. The highest BCUT2D eigenvalue weighted by molar-refractivity contribution is 5.64. The first-order valence-electron chi connectivity index (χ1n) is 10.3. The molecule has 2 fully saturated rings. The summed E-state index contributed by atoms with van der Waals surface area (Å²) in [6.07, 6.45) is 5.59. The summed E-state index contributed by atoms with van der Waals surface area (Å²) in [5, 5.41) is 0. The van der Waals surface area contributed by atoms with Crippen LogP contribution in [-0.2, 0) is 6.18 Å². The standard InChI is InChI=1S/C25H27F3/c1-2-17-3-4-23-16-22(10-9-21(23)15-17)20-7-5-18(6-8-20)19-11-13-24(14-12-19)25(26,27)28/h2,5-8,11-14,17,21-23H,1,3-4,9-10,15-16H2. The van der Waals surface area contributed by atoms with E-state index < -0.39 is 11.7 Å². The molecule has 0 saturated heterocycles. The number of hydrogen-bond acceptors (Lipinski definition) is 0. The fourth-order valence-corrected chi connectivity index (χ4v) is 5.24. The van der Waals surface area contributed by atoms with Gasteiger partial charge in [0.05, 0.1) is 5.56 Å². The molecule has 0 radical (unpaired) electrons. The smallest absolute Gasteiger partial charge is 0.166 e. The van der Waals surface area contributed by atoms with Crippen LogP contribution in [0, 0.1) is 17.8 Å². The number of hydrogen-bond donors (Lipinski definition) is 0. The van der Waals surface area contributed by atoms with Crippen LogP contribution in [0.1, 0.15) is 55.6 Å². The zero-order valence-electron chi connectivity index (χ0n) is 16.1. The number of alkyl halides is 3. The topological polar surface area (TPSA) is 0 Å². The van der Waals surface area contributed by atoms with Gasteiger partial charge in [-0.2, -0.15) is 13.2 Å². The maximum Gasteiger partial charge on any atom is 0.416 e. The summed E-state index contributed by atoms with van der Waals surface area (Å²) in [7, 11) is 0. The van der Waals surface area contributed by atoms with Crippen LogP contribution in [0.4, 0.5) is 13.2 Å². The fraction of sp³-hybridized carbons (Fsp3) is 0.440. The minimum Gasteiger partial charge on any atom is -0.166 e. The molecule has 0 amide bonds. The largest absolute Gasteiger partial charge is 0.416 e. The summed E-state index contributed by atoms with van der Waals surface area (Å²) in [5.41, 5.74) is 2.57. The summed E-state index contributed by atoms with van der Waals surface area (Å²) < 4.78 is 38.2. The van der Waals surface area contributed by atoms with E-state index in [9.17, 15) is 13.2 Å². The summed E-state index contributed by atoms with van der Waals surface area (Å²) in [6, 6.07) is 13.9. The minimum atomic E-state index is -4.29.